The maximum absolute atomic E-state index is 6.61. The van der Waals surface area contributed by atoms with Gasteiger partial charge in [0.05, 0.1) is 0 Å². The molecule has 1 saturated carbocycles. The van der Waals surface area contributed by atoms with Crippen LogP contribution in [0.25, 0.3) is 0 Å². The Morgan fingerprint density at radius 3 is 2.20 bits per heavy atom. The molecule has 112 valence electrons. The summed E-state index contributed by atoms with van der Waals surface area (Å²) in [6.45, 7) is 8.90. The van der Waals surface area contributed by atoms with Crippen LogP contribution in [0, 0.1) is 32.6 Å². The van der Waals surface area contributed by atoms with Gasteiger partial charge in [-0.1, -0.05) is 44.7 Å². The van der Waals surface area contributed by atoms with E-state index in [-0.39, 0.29) is 6.04 Å². The Kier molecular flexibility index (Phi) is 5.26. The van der Waals surface area contributed by atoms with Crippen molar-refractivity contribution in [3.05, 3.63) is 34.4 Å². The van der Waals surface area contributed by atoms with Crippen molar-refractivity contribution in [2.45, 2.75) is 72.3 Å². The molecule has 1 aromatic rings. The van der Waals surface area contributed by atoms with Crippen molar-refractivity contribution in [1.29, 1.82) is 0 Å². The van der Waals surface area contributed by atoms with Gasteiger partial charge in [-0.25, -0.2) is 0 Å². The zero-order chi connectivity index (χ0) is 14.7. The molecule has 0 heterocycles. The molecule has 1 nitrogen and oxygen atoms in total. The molecule has 1 aliphatic rings. The van der Waals surface area contributed by atoms with Crippen LogP contribution in [0.1, 0.15) is 73.7 Å². The van der Waals surface area contributed by atoms with Crippen molar-refractivity contribution >= 4 is 0 Å². The molecule has 0 bridgehead atoms. The molecule has 0 aromatic heterocycles. The van der Waals surface area contributed by atoms with E-state index in [0.29, 0.717) is 5.92 Å². The van der Waals surface area contributed by atoms with Crippen LogP contribution in [-0.4, -0.2) is 0 Å². The van der Waals surface area contributed by atoms with Crippen LogP contribution >= 0.6 is 0 Å². The van der Waals surface area contributed by atoms with Crippen LogP contribution < -0.4 is 5.73 Å². The van der Waals surface area contributed by atoms with Gasteiger partial charge in [0.15, 0.2) is 0 Å². The number of aryl methyl sites for hydroxylation is 3. The first-order valence-corrected chi connectivity index (χ1v) is 8.36. The molecule has 0 aliphatic heterocycles. The minimum Gasteiger partial charge on any atom is -0.324 e. The van der Waals surface area contributed by atoms with Gasteiger partial charge < -0.3 is 5.73 Å². The van der Waals surface area contributed by atoms with Crippen LogP contribution in [-0.2, 0) is 0 Å². The van der Waals surface area contributed by atoms with E-state index < -0.39 is 0 Å². The zero-order valence-corrected chi connectivity index (χ0v) is 13.7. The Morgan fingerprint density at radius 1 is 1.00 bits per heavy atom. The highest BCUT2D eigenvalue weighted by atomic mass is 14.7. The molecule has 0 radical (unpaired) electrons. The first kappa shape index (κ1) is 15.6. The normalized spacial score (nSPS) is 24.6. The Labute approximate surface area is 125 Å². The maximum Gasteiger partial charge on any atom is 0.0326 e. The van der Waals surface area contributed by atoms with E-state index >= 15 is 0 Å². The van der Waals surface area contributed by atoms with Gasteiger partial charge in [0, 0.05) is 6.04 Å². The Morgan fingerprint density at radius 2 is 1.60 bits per heavy atom. The second kappa shape index (κ2) is 6.76. The van der Waals surface area contributed by atoms with Gasteiger partial charge in [-0.3, -0.25) is 0 Å². The van der Waals surface area contributed by atoms with E-state index in [1.54, 1.807) is 0 Å². The third kappa shape index (κ3) is 3.44. The van der Waals surface area contributed by atoms with Crippen molar-refractivity contribution in [3.8, 4) is 0 Å². The first-order chi connectivity index (χ1) is 9.52. The molecule has 1 aromatic carbocycles. The van der Waals surface area contributed by atoms with E-state index in [2.05, 4.69) is 39.8 Å². The summed E-state index contributed by atoms with van der Waals surface area (Å²) in [4.78, 5) is 0. The molecule has 20 heavy (non-hydrogen) atoms. The van der Waals surface area contributed by atoms with Crippen LogP contribution in [0.2, 0.25) is 0 Å². The summed E-state index contributed by atoms with van der Waals surface area (Å²) in [6.07, 6.45) is 8.14. The molecule has 1 fully saturated rings. The molecule has 0 amide bonds. The van der Waals surface area contributed by atoms with Crippen molar-refractivity contribution < 1.29 is 0 Å². The quantitative estimate of drug-likeness (QED) is 0.800. The highest BCUT2D eigenvalue weighted by Crippen LogP contribution is 2.38. The topological polar surface area (TPSA) is 26.0 Å². The molecular weight excluding hydrogens is 242 g/mol. The average Bonchev–Trinajstić information content (AvgIpc) is 2.43. The van der Waals surface area contributed by atoms with Crippen molar-refractivity contribution in [2.75, 3.05) is 0 Å². The summed E-state index contributed by atoms with van der Waals surface area (Å²) in [5.74, 6) is 1.65. The van der Waals surface area contributed by atoms with Crippen molar-refractivity contribution in [1.82, 2.24) is 0 Å². The lowest BCUT2D eigenvalue weighted by Crippen LogP contribution is -2.26. The number of hydrogen-bond acceptors (Lipinski definition) is 1. The van der Waals surface area contributed by atoms with Gasteiger partial charge in [-0.05, 0) is 67.7 Å². The fourth-order valence-electron chi connectivity index (χ4n) is 3.84. The molecule has 0 spiro atoms. The molecule has 1 aliphatic carbocycles. The smallest absolute Gasteiger partial charge is 0.0326 e. The van der Waals surface area contributed by atoms with E-state index in [9.17, 15) is 0 Å². The first-order valence-electron chi connectivity index (χ1n) is 8.36. The van der Waals surface area contributed by atoms with Gasteiger partial charge in [0.2, 0.25) is 0 Å². The Balaban J connectivity index is 2.05. The summed E-state index contributed by atoms with van der Waals surface area (Å²) in [5.41, 5.74) is 12.1. The molecule has 1 unspecified atom stereocenters. The minimum atomic E-state index is 0.233. The van der Waals surface area contributed by atoms with Gasteiger partial charge in [-0.15, -0.1) is 0 Å². The van der Waals surface area contributed by atoms with E-state index in [1.807, 2.05) is 0 Å². The number of hydrogen-bond donors (Lipinski definition) is 1. The number of nitrogens with two attached hydrogens (primary N) is 1. The minimum absolute atomic E-state index is 0.233. The van der Waals surface area contributed by atoms with Crippen molar-refractivity contribution in [3.63, 3.8) is 0 Å². The summed E-state index contributed by atoms with van der Waals surface area (Å²) >= 11 is 0. The lowest BCUT2D eigenvalue weighted by molar-refractivity contribution is 0.234. The highest BCUT2D eigenvalue weighted by molar-refractivity contribution is 5.38. The molecule has 0 saturated heterocycles. The predicted octanol–water partition coefficient (Wildman–Crippen LogP) is 5.22. The van der Waals surface area contributed by atoms with Gasteiger partial charge in [0.25, 0.3) is 0 Å². The standard InChI is InChI=1S/C19H31N/c1-5-6-16-7-9-17(10-8-16)19(20)18-12-14(3)13(2)11-15(18)4/h11-12,16-17,19H,5-10,20H2,1-4H3. The third-order valence-corrected chi connectivity index (χ3v) is 5.34. The monoisotopic (exact) mass is 273 g/mol. The Bertz CT molecular complexity index is 441. The maximum atomic E-state index is 6.61. The van der Waals surface area contributed by atoms with Crippen LogP contribution in [0.5, 0.6) is 0 Å². The van der Waals surface area contributed by atoms with E-state index in [1.165, 1.54) is 60.8 Å². The van der Waals surface area contributed by atoms with Gasteiger partial charge >= 0.3 is 0 Å². The van der Waals surface area contributed by atoms with Gasteiger partial charge in [-0.2, -0.15) is 0 Å². The Hall–Kier alpha value is -0.820. The van der Waals surface area contributed by atoms with E-state index in [4.69, 9.17) is 5.73 Å². The summed E-state index contributed by atoms with van der Waals surface area (Å²) in [6, 6.07) is 4.86. The average molecular weight is 273 g/mol. The predicted molar refractivity (Wildman–Crippen MR) is 87.9 cm³/mol. The fourth-order valence-corrected chi connectivity index (χ4v) is 3.84. The SMILES string of the molecule is CCCC1CCC(C(N)c2cc(C)c(C)cc2C)CC1. The summed E-state index contributed by atoms with van der Waals surface area (Å²) < 4.78 is 0. The van der Waals surface area contributed by atoms with Crippen LogP contribution in [0.15, 0.2) is 12.1 Å². The molecule has 2 rings (SSSR count). The highest BCUT2D eigenvalue weighted by Gasteiger charge is 2.26. The number of rotatable bonds is 4. The summed E-state index contributed by atoms with van der Waals surface area (Å²) in [7, 11) is 0. The van der Waals surface area contributed by atoms with Crippen LogP contribution in [0.3, 0.4) is 0 Å². The molecule has 1 atom stereocenters. The molecule has 1 heteroatoms. The largest absolute Gasteiger partial charge is 0.324 e. The second-order valence-electron chi connectivity index (χ2n) is 6.89. The van der Waals surface area contributed by atoms with Crippen molar-refractivity contribution in [2.24, 2.45) is 17.6 Å². The fraction of sp³-hybridized carbons (Fsp3) is 0.684. The second-order valence-corrected chi connectivity index (χ2v) is 6.89. The van der Waals surface area contributed by atoms with E-state index in [0.717, 1.165) is 5.92 Å². The summed E-state index contributed by atoms with van der Waals surface area (Å²) in [5, 5.41) is 0. The van der Waals surface area contributed by atoms with Gasteiger partial charge in [0.1, 0.15) is 0 Å². The zero-order valence-electron chi connectivity index (χ0n) is 13.7. The lowest BCUT2D eigenvalue weighted by atomic mass is 9.75. The molecular formula is C19H31N. The van der Waals surface area contributed by atoms with Crippen LogP contribution in [0.4, 0.5) is 0 Å². The number of benzene rings is 1. The molecule has 2 N–H and O–H groups in total. The third-order valence-electron chi connectivity index (χ3n) is 5.34. The lowest BCUT2D eigenvalue weighted by Gasteiger charge is -2.33.